The number of benzene rings is 1. The molecule has 2 aliphatic rings. The molecule has 2 atom stereocenters. The van der Waals surface area contributed by atoms with Crippen molar-refractivity contribution in [2.75, 3.05) is 19.7 Å². The first-order valence-electron chi connectivity index (χ1n) is 9.40. The highest BCUT2D eigenvalue weighted by Crippen LogP contribution is 2.39. The third kappa shape index (κ3) is 3.79. The minimum atomic E-state index is -3.80. The zero-order valence-electron chi connectivity index (χ0n) is 16.3. The molecule has 0 unspecified atom stereocenters. The van der Waals surface area contributed by atoms with Crippen LogP contribution in [0.25, 0.3) is 0 Å². The number of aliphatic hydroxyl groups excluding tert-OH is 1. The van der Waals surface area contributed by atoms with Gasteiger partial charge >= 0.3 is 5.97 Å². The summed E-state index contributed by atoms with van der Waals surface area (Å²) in [5.41, 5.74) is -0.616. The number of carbonyl (C=O) groups excluding carboxylic acids is 3. The van der Waals surface area contributed by atoms with Gasteiger partial charge in [0, 0.05) is 18.7 Å². The van der Waals surface area contributed by atoms with Gasteiger partial charge in [-0.2, -0.15) is 4.31 Å². The summed E-state index contributed by atoms with van der Waals surface area (Å²) in [5.74, 6) is -2.56. The Morgan fingerprint density at radius 2 is 1.83 bits per heavy atom. The molecule has 10 heteroatoms. The second-order valence-corrected chi connectivity index (χ2v) is 9.24. The van der Waals surface area contributed by atoms with Crippen LogP contribution in [0.2, 0.25) is 0 Å². The molecule has 2 N–H and O–H groups in total. The molecule has 29 heavy (non-hydrogen) atoms. The highest BCUT2D eigenvalue weighted by molar-refractivity contribution is 7.89. The molecule has 1 aromatic rings. The number of carbonyl (C=O) groups is 3. The number of aliphatic hydroxyl groups is 1. The zero-order valence-corrected chi connectivity index (χ0v) is 17.1. The number of ketones is 1. The van der Waals surface area contributed by atoms with Crippen LogP contribution < -0.4 is 5.32 Å². The lowest BCUT2D eigenvalue weighted by Gasteiger charge is -2.41. The standard InChI is InChI=1S/C19H24N2O7S/c1-3-28-18(25)15-16(23)17(24)20-19(15)8-10-21(11-9-19)29(26,27)14-6-4-13(5-7-14)12(2)22/h4-7,15-16,23H,3,8-11H2,1-2H3,(H,20,24)/t15-,16-/m1/s1. The number of hydrogen-bond acceptors (Lipinski definition) is 7. The Morgan fingerprint density at radius 3 is 2.34 bits per heavy atom. The van der Waals surface area contributed by atoms with Crippen molar-refractivity contribution in [3.63, 3.8) is 0 Å². The van der Waals surface area contributed by atoms with E-state index in [2.05, 4.69) is 5.32 Å². The molecule has 158 valence electrons. The second-order valence-electron chi connectivity index (χ2n) is 7.30. The van der Waals surface area contributed by atoms with Crippen LogP contribution in [0.15, 0.2) is 29.2 Å². The molecule has 0 saturated carbocycles. The number of esters is 1. The minimum absolute atomic E-state index is 0.0656. The van der Waals surface area contributed by atoms with Crippen LogP contribution in [0, 0.1) is 5.92 Å². The van der Waals surface area contributed by atoms with E-state index in [1.54, 1.807) is 6.92 Å². The summed E-state index contributed by atoms with van der Waals surface area (Å²) in [4.78, 5) is 35.8. The molecule has 0 aliphatic carbocycles. The molecule has 1 aromatic carbocycles. The Balaban J connectivity index is 1.79. The number of piperidine rings is 1. The van der Waals surface area contributed by atoms with Gasteiger partial charge in [-0.05, 0) is 38.8 Å². The molecule has 2 saturated heterocycles. The Kier molecular flexibility index (Phi) is 5.79. The van der Waals surface area contributed by atoms with Gasteiger partial charge in [0.05, 0.1) is 17.0 Å². The predicted octanol–water partition coefficient (Wildman–Crippen LogP) is 0.0825. The number of nitrogens with zero attached hydrogens (tertiary/aromatic N) is 1. The molecular weight excluding hydrogens is 400 g/mol. The van der Waals surface area contributed by atoms with Crippen LogP contribution in [0.4, 0.5) is 0 Å². The Bertz CT molecular complexity index is 918. The van der Waals surface area contributed by atoms with Gasteiger partial charge in [-0.25, -0.2) is 8.42 Å². The lowest BCUT2D eigenvalue weighted by Crippen LogP contribution is -2.57. The number of ether oxygens (including phenoxy) is 1. The van der Waals surface area contributed by atoms with E-state index in [4.69, 9.17) is 4.74 Å². The molecule has 2 heterocycles. The average molecular weight is 424 g/mol. The van der Waals surface area contributed by atoms with Crippen molar-refractivity contribution >= 4 is 27.7 Å². The van der Waals surface area contributed by atoms with Crippen molar-refractivity contribution in [1.82, 2.24) is 9.62 Å². The molecule has 2 aliphatic heterocycles. The number of rotatable bonds is 5. The molecule has 0 aromatic heterocycles. The largest absolute Gasteiger partial charge is 0.466 e. The van der Waals surface area contributed by atoms with Gasteiger partial charge < -0.3 is 15.2 Å². The third-order valence-electron chi connectivity index (χ3n) is 5.61. The van der Waals surface area contributed by atoms with Crippen molar-refractivity contribution in [2.45, 2.75) is 43.2 Å². The lowest BCUT2D eigenvalue weighted by atomic mass is 9.77. The summed E-state index contributed by atoms with van der Waals surface area (Å²) < 4.78 is 32.2. The SMILES string of the molecule is CCOC(=O)[C@H]1[C@@H](O)C(=O)NC12CCN(S(=O)(=O)c1ccc(C(C)=O)cc1)CC2. The monoisotopic (exact) mass is 424 g/mol. The van der Waals surface area contributed by atoms with E-state index in [-0.39, 0.29) is 43.2 Å². The van der Waals surface area contributed by atoms with Crippen LogP contribution >= 0.6 is 0 Å². The molecule has 2 fully saturated rings. The average Bonchev–Trinajstić information content (AvgIpc) is 2.92. The van der Waals surface area contributed by atoms with Crippen molar-refractivity contribution in [3.05, 3.63) is 29.8 Å². The zero-order chi connectivity index (χ0) is 21.4. The normalized spacial score (nSPS) is 24.3. The second kappa shape index (κ2) is 7.85. The van der Waals surface area contributed by atoms with Crippen LogP contribution in [-0.2, 0) is 24.3 Å². The molecule has 9 nitrogen and oxygen atoms in total. The highest BCUT2D eigenvalue weighted by atomic mass is 32.2. The maximum Gasteiger partial charge on any atom is 0.314 e. The summed E-state index contributed by atoms with van der Waals surface area (Å²) in [5, 5.41) is 12.9. The van der Waals surface area contributed by atoms with Crippen molar-refractivity contribution in [1.29, 1.82) is 0 Å². The first kappa shape index (κ1) is 21.4. The van der Waals surface area contributed by atoms with Crippen molar-refractivity contribution < 1.29 is 32.6 Å². The number of sulfonamides is 1. The van der Waals surface area contributed by atoms with Gasteiger partial charge in [-0.3, -0.25) is 14.4 Å². The fourth-order valence-electron chi connectivity index (χ4n) is 4.01. The van der Waals surface area contributed by atoms with Gasteiger partial charge in [0.15, 0.2) is 5.78 Å². The topological polar surface area (TPSA) is 130 Å². The van der Waals surface area contributed by atoms with E-state index in [1.165, 1.54) is 35.5 Å². The summed E-state index contributed by atoms with van der Waals surface area (Å²) >= 11 is 0. The number of Topliss-reactive ketones (excluding diaryl/α,β-unsaturated/α-hetero) is 1. The number of hydrogen-bond donors (Lipinski definition) is 2. The fraction of sp³-hybridized carbons (Fsp3) is 0.526. The first-order valence-corrected chi connectivity index (χ1v) is 10.8. The fourth-order valence-corrected chi connectivity index (χ4v) is 5.45. The molecule has 1 spiro atoms. The van der Waals surface area contributed by atoms with Crippen LogP contribution in [0.3, 0.4) is 0 Å². The number of nitrogens with one attached hydrogen (secondary N) is 1. The summed E-state index contributed by atoms with van der Waals surface area (Å²) in [6.07, 6.45) is -1.18. The van der Waals surface area contributed by atoms with E-state index in [0.717, 1.165) is 0 Å². The Labute approximate surface area is 169 Å². The predicted molar refractivity (Wildman–Crippen MR) is 101 cm³/mol. The number of amides is 1. The molecule has 3 rings (SSSR count). The Hall–Kier alpha value is -2.30. The summed E-state index contributed by atoms with van der Waals surface area (Å²) in [7, 11) is -3.80. The smallest absolute Gasteiger partial charge is 0.314 e. The van der Waals surface area contributed by atoms with E-state index < -0.39 is 39.5 Å². The van der Waals surface area contributed by atoms with Crippen molar-refractivity contribution in [3.8, 4) is 0 Å². The maximum atomic E-state index is 12.9. The maximum absolute atomic E-state index is 12.9. The molecule has 1 amide bonds. The first-order chi connectivity index (χ1) is 13.6. The molecule has 0 radical (unpaired) electrons. The van der Waals surface area contributed by atoms with Gasteiger partial charge in [-0.15, -0.1) is 0 Å². The van der Waals surface area contributed by atoms with Crippen LogP contribution in [0.1, 0.15) is 37.0 Å². The van der Waals surface area contributed by atoms with Gasteiger partial charge in [0.1, 0.15) is 12.0 Å². The van der Waals surface area contributed by atoms with E-state index in [9.17, 15) is 27.9 Å². The van der Waals surface area contributed by atoms with E-state index >= 15 is 0 Å². The molecular formula is C19H24N2O7S. The minimum Gasteiger partial charge on any atom is -0.466 e. The summed E-state index contributed by atoms with van der Waals surface area (Å²) in [6, 6.07) is 5.70. The third-order valence-corrected chi connectivity index (χ3v) is 7.52. The van der Waals surface area contributed by atoms with E-state index in [1.807, 2.05) is 0 Å². The van der Waals surface area contributed by atoms with Crippen LogP contribution in [-0.4, -0.2) is 66.8 Å². The van der Waals surface area contributed by atoms with Gasteiger partial charge in [0.2, 0.25) is 15.9 Å². The lowest BCUT2D eigenvalue weighted by molar-refractivity contribution is -0.155. The van der Waals surface area contributed by atoms with E-state index in [0.29, 0.717) is 5.56 Å². The van der Waals surface area contributed by atoms with Crippen molar-refractivity contribution in [2.24, 2.45) is 5.92 Å². The quantitative estimate of drug-likeness (QED) is 0.506. The highest BCUT2D eigenvalue weighted by Gasteiger charge is 2.58. The summed E-state index contributed by atoms with van der Waals surface area (Å²) in [6.45, 7) is 3.29. The van der Waals surface area contributed by atoms with Gasteiger partial charge in [-0.1, -0.05) is 12.1 Å². The molecule has 0 bridgehead atoms. The van der Waals surface area contributed by atoms with Gasteiger partial charge in [0.25, 0.3) is 0 Å². The Morgan fingerprint density at radius 1 is 1.24 bits per heavy atom. The van der Waals surface area contributed by atoms with Crippen LogP contribution in [0.5, 0.6) is 0 Å².